The number of aromatic nitrogens is 1. The van der Waals surface area contributed by atoms with Crippen molar-refractivity contribution in [2.24, 2.45) is 5.73 Å². The van der Waals surface area contributed by atoms with E-state index in [9.17, 15) is 0 Å². The lowest BCUT2D eigenvalue weighted by Gasteiger charge is -2.22. The van der Waals surface area contributed by atoms with Gasteiger partial charge in [0.15, 0.2) is 0 Å². The van der Waals surface area contributed by atoms with Crippen molar-refractivity contribution >= 4 is 0 Å². The molecule has 1 atom stereocenters. The first kappa shape index (κ1) is 11.5. The van der Waals surface area contributed by atoms with Crippen LogP contribution in [-0.4, -0.2) is 17.1 Å². The number of nitrogens with two attached hydrogens (primary N) is 1. The molecule has 0 bridgehead atoms. The van der Waals surface area contributed by atoms with Crippen LogP contribution in [0.1, 0.15) is 26.0 Å². The normalized spacial score (nSPS) is 14.0. The molecule has 1 heterocycles. The molecule has 0 saturated heterocycles. The number of ether oxygens (including phenoxy) is 1. The predicted molar refractivity (Wildman–Crippen MR) is 57.3 cm³/mol. The monoisotopic (exact) mass is 205 g/mol. The van der Waals surface area contributed by atoms with Gasteiger partial charge in [-0.25, -0.2) is 4.98 Å². The van der Waals surface area contributed by atoms with Crippen LogP contribution in [-0.2, 0) is 0 Å². The third-order valence-electron chi connectivity index (χ3n) is 2.23. The second-order valence-electron chi connectivity index (χ2n) is 3.79. The molecule has 0 amide bonds. The summed E-state index contributed by atoms with van der Waals surface area (Å²) in [5.41, 5.74) is 5.98. The molecule has 0 fully saturated rings. The molecular weight excluding hydrogens is 190 g/mol. The maximum atomic E-state index is 8.55. The SMILES string of the molecule is CCC(C)(N)COc1ccc(C#N)nc1. The third-order valence-corrected chi connectivity index (χ3v) is 2.23. The van der Waals surface area contributed by atoms with E-state index in [0.29, 0.717) is 18.1 Å². The smallest absolute Gasteiger partial charge is 0.140 e. The summed E-state index contributed by atoms with van der Waals surface area (Å²) in [7, 11) is 0. The Bertz CT molecular complexity index is 351. The molecule has 0 aliphatic rings. The number of hydrogen-bond acceptors (Lipinski definition) is 4. The average Bonchev–Trinajstić information content (AvgIpc) is 2.27. The van der Waals surface area contributed by atoms with E-state index in [2.05, 4.69) is 4.98 Å². The van der Waals surface area contributed by atoms with E-state index in [-0.39, 0.29) is 5.54 Å². The van der Waals surface area contributed by atoms with Crippen LogP contribution in [0, 0.1) is 11.3 Å². The van der Waals surface area contributed by atoms with Gasteiger partial charge in [-0.3, -0.25) is 0 Å². The molecule has 4 heteroatoms. The van der Waals surface area contributed by atoms with E-state index in [0.717, 1.165) is 6.42 Å². The highest BCUT2D eigenvalue weighted by Crippen LogP contribution is 2.12. The first-order valence-corrected chi connectivity index (χ1v) is 4.85. The molecule has 4 nitrogen and oxygen atoms in total. The number of pyridine rings is 1. The van der Waals surface area contributed by atoms with Crippen LogP contribution < -0.4 is 10.5 Å². The molecule has 0 saturated carbocycles. The minimum Gasteiger partial charge on any atom is -0.490 e. The van der Waals surface area contributed by atoms with Gasteiger partial charge >= 0.3 is 0 Å². The van der Waals surface area contributed by atoms with Crippen molar-refractivity contribution in [2.45, 2.75) is 25.8 Å². The summed E-state index contributed by atoms with van der Waals surface area (Å²) in [5, 5.41) is 8.55. The minimum absolute atomic E-state index is 0.325. The summed E-state index contributed by atoms with van der Waals surface area (Å²) in [4.78, 5) is 3.90. The van der Waals surface area contributed by atoms with Crippen LogP contribution in [0.25, 0.3) is 0 Å². The number of nitrogens with zero attached hydrogens (tertiary/aromatic N) is 2. The molecule has 0 aliphatic carbocycles. The van der Waals surface area contributed by atoms with Crippen molar-refractivity contribution in [3.8, 4) is 11.8 Å². The van der Waals surface area contributed by atoms with Crippen molar-refractivity contribution in [1.29, 1.82) is 5.26 Å². The Kier molecular flexibility index (Phi) is 3.64. The molecule has 80 valence electrons. The zero-order valence-corrected chi connectivity index (χ0v) is 9.03. The molecule has 1 aromatic heterocycles. The van der Waals surface area contributed by atoms with E-state index in [4.69, 9.17) is 15.7 Å². The molecule has 15 heavy (non-hydrogen) atoms. The highest BCUT2D eigenvalue weighted by Gasteiger charge is 2.16. The molecule has 1 rings (SSSR count). The van der Waals surface area contributed by atoms with Gasteiger partial charge in [0.05, 0.1) is 6.20 Å². The second-order valence-corrected chi connectivity index (χ2v) is 3.79. The lowest BCUT2D eigenvalue weighted by atomic mass is 10.0. The van der Waals surface area contributed by atoms with Gasteiger partial charge in [0, 0.05) is 5.54 Å². The minimum atomic E-state index is -0.325. The fraction of sp³-hybridized carbons (Fsp3) is 0.455. The van der Waals surface area contributed by atoms with Crippen LogP contribution in [0.5, 0.6) is 5.75 Å². The fourth-order valence-electron chi connectivity index (χ4n) is 0.882. The number of hydrogen-bond donors (Lipinski definition) is 1. The van der Waals surface area contributed by atoms with Crippen molar-refractivity contribution < 1.29 is 4.74 Å². The summed E-state index contributed by atoms with van der Waals surface area (Å²) in [6.07, 6.45) is 2.38. The maximum Gasteiger partial charge on any atom is 0.140 e. The fourth-order valence-corrected chi connectivity index (χ4v) is 0.882. The second kappa shape index (κ2) is 4.76. The van der Waals surface area contributed by atoms with E-state index in [1.807, 2.05) is 19.9 Å². The van der Waals surface area contributed by atoms with Crippen molar-refractivity contribution in [1.82, 2.24) is 4.98 Å². The lowest BCUT2D eigenvalue weighted by Crippen LogP contribution is -2.41. The first-order valence-electron chi connectivity index (χ1n) is 4.85. The third kappa shape index (κ3) is 3.56. The first-order chi connectivity index (χ1) is 7.07. The summed E-state index contributed by atoms with van der Waals surface area (Å²) >= 11 is 0. The standard InChI is InChI=1S/C11H15N3O/c1-3-11(2,13)8-15-10-5-4-9(6-12)14-7-10/h4-5,7H,3,8,13H2,1-2H3. The van der Waals surface area contributed by atoms with Gasteiger partial charge in [0.25, 0.3) is 0 Å². The highest BCUT2D eigenvalue weighted by atomic mass is 16.5. The Morgan fingerprint density at radius 1 is 1.60 bits per heavy atom. The van der Waals surface area contributed by atoms with Crippen molar-refractivity contribution in [3.05, 3.63) is 24.0 Å². The van der Waals surface area contributed by atoms with Crippen LogP contribution in [0.4, 0.5) is 0 Å². The van der Waals surface area contributed by atoms with E-state index >= 15 is 0 Å². The van der Waals surface area contributed by atoms with E-state index < -0.39 is 0 Å². The Labute approximate surface area is 89.7 Å². The van der Waals surface area contributed by atoms with E-state index in [1.165, 1.54) is 6.20 Å². The molecule has 0 radical (unpaired) electrons. The van der Waals surface area contributed by atoms with Gasteiger partial charge in [0.2, 0.25) is 0 Å². The Balaban J connectivity index is 2.56. The Morgan fingerprint density at radius 2 is 2.33 bits per heavy atom. The molecule has 1 unspecified atom stereocenters. The van der Waals surface area contributed by atoms with Gasteiger partial charge in [-0.2, -0.15) is 5.26 Å². The van der Waals surface area contributed by atoms with Crippen LogP contribution in [0.2, 0.25) is 0 Å². The molecule has 0 spiro atoms. The summed E-state index contributed by atoms with van der Waals surface area (Å²) < 4.78 is 5.46. The molecule has 1 aromatic rings. The van der Waals surface area contributed by atoms with Gasteiger partial charge in [-0.15, -0.1) is 0 Å². The maximum absolute atomic E-state index is 8.55. The molecule has 0 aromatic carbocycles. The van der Waals surface area contributed by atoms with Gasteiger partial charge in [0.1, 0.15) is 24.1 Å². The van der Waals surface area contributed by atoms with Crippen LogP contribution in [0.3, 0.4) is 0 Å². The van der Waals surface area contributed by atoms with Gasteiger partial charge in [-0.05, 0) is 25.5 Å². The molecular formula is C11H15N3O. The average molecular weight is 205 g/mol. The zero-order valence-electron chi connectivity index (χ0n) is 9.03. The zero-order chi connectivity index (χ0) is 11.3. The number of rotatable bonds is 4. The molecule has 2 N–H and O–H groups in total. The van der Waals surface area contributed by atoms with Gasteiger partial charge < -0.3 is 10.5 Å². The lowest BCUT2D eigenvalue weighted by molar-refractivity contribution is 0.225. The quantitative estimate of drug-likeness (QED) is 0.807. The topological polar surface area (TPSA) is 71.9 Å². The van der Waals surface area contributed by atoms with Gasteiger partial charge in [-0.1, -0.05) is 6.92 Å². The highest BCUT2D eigenvalue weighted by molar-refractivity contribution is 5.26. The summed E-state index contributed by atoms with van der Waals surface area (Å²) in [6, 6.07) is 5.29. The van der Waals surface area contributed by atoms with Crippen LogP contribution in [0.15, 0.2) is 18.3 Å². The van der Waals surface area contributed by atoms with Crippen LogP contribution >= 0.6 is 0 Å². The Morgan fingerprint density at radius 3 is 2.80 bits per heavy atom. The Hall–Kier alpha value is -1.60. The largest absolute Gasteiger partial charge is 0.490 e. The predicted octanol–water partition coefficient (Wildman–Crippen LogP) is 1.46. The van der Waals surface area contributed by atoms with E-state index in [1.54, 1.807) is 12.1 Å². The van der Waals surface area contributed by atoms with Crippen molar-refractivity contribution in [2.75, 3.05) is 6.61 Å². The number of nitriles is 1. The van der Waals surface area contributed by atoms with Crippen molar-refractivity contribution in [3.63, 3.8) is 0 Å². The summed E-state index contributed by atoms with van der Waals surface area (Å²) in [6.45, 7) is 4.39. The molecule has 0 aliphatic heterocycles. The summed E-state index contributed by atoms with van der Waals surface area (Å²) in [5.74, 6) is 0.638.